The number of rotatable bonds is 5. The topological polar surface area (TPSA) is 48.0 Å². The van der Waals surface area contributed by atoms with Crippen LogP contribution in [0, 0.1) is 12.0 Å². The second-order valence-electron chi connectivity index (χ2n) is 6.64. The number of carbonyl (C=O) groups is 1. The van der Waals surface area contributed by atoms with Gasteiger partial charge in [-0.15, -0.1) is 0 Å². The maximum atomic E-state index is 11.9. The van der Waals surface area contributed by atoms with Crippen LogP contribution in [-0.2, 0) is 13.0 Å². The van der Waals surface area contributed by atoms with E-state index >= 15 is 0 Å². The van der Waals surface area contributed by atoms with Crippen molar-refractivity contribution in [2.24, 2.45) is 11.7 Å². The first-order valence-electron chi connectivity index (χ1n) is 8.44. The number of aromatic nitrogens is 1. The summed E-state index contributed by atoms with van der Waals surface area (Å²) in [6.07, 6.45) is 4.78. The quantitative estimate of drug-likeness (QED) is 0.759. The average molecular weight is 305 g/mol. The van der Waals surface area contributed by atoms with E-state index in [0.717, 1.165) is 41.6 Å². The molecule has 1 aromatic heterocycles. The fourth-order valence-corrected chi connectivity index (χ4v) is 3.49. The van der Waals surface area contributed by atoms with E-state index in [2.05, 4.69) is 35.8 Å². The zero-order valence-corrected chi connectivity index (χ0v) is 13.4. The lowest BCUT2D eigenvalue weighted by molar-refractivity contribution is 0.100. The Labute approximate surface area is 136 Å². The summed E-state index contributed by atoms with van der Waals surface area (Å²) in [5.74, 6) is 0.396. The second kappa shape index (κ2) is 5.41. The van der Waals surface area contributed by atoms with Gasteiger partial charge in [0.1, 0.15) is 0 Å². The molecular weight excluding hydrogens is 284 g/mol. The summed E-state index contributed by atoms with van der Waals surface area (Å²) in [4.78, 5) is 11.9. The number of hydrogen-bond acceptors (Lipinski definition) is 1. The van der Waals surface area contributed by atoms with Crippen molar-refractivity contribution in [2.75, 3.05) is 0 Å². The third kappa shape index (κ3) is 2.40. The maximum Gasteiger partial charge on any atom is 0.249 e. The molecule has 3 heteroatoms. The first-order valence-corrected chi connectivity index (χ1v) is 8.44. The van der Waals surface area contributed by atoms with Gasteiger partial charge in [0.05, 0.1) is 5.52 Å². The van der Waals surface area contributed by atoms with Gasteiger partial charge in [0.25, 0.3) is 0 Å². The van der Waals surface area contributed by atoms with E-state index in [1.807, 2.05) is 12.1 Å². The number of fused-ring (bicyclic) bond motifs is 3. The Kier molecular flexibility index (Phi) is 3.37. The average Bonchev–Trinajstić information content (AvgIpc) is 3.31. The van der Waals surface area contributed by atoms with Crippen molar-refractivity contribution < 1.29 is 4.79 Å². The van der Waals surface area contributed by atoms with Crippen LogP contribution in [0.1, 0.15) is 42.1 Å². The molecule has 4 rings (SSSR count). The van der Waals surface area contributed by atoms with E-state index in [0.29, 0.717) is 5.56 Å². The minimum atomic E-state index is -0.368. The maximum absolute atomic E-state index is 11.9. The summed E-state index contributed by atoms with van der Waals surface area (Å²) in [6.45, 7) is 3.21. The van der Waals surface area contributed by atoms with Crippen molar-refractivity contribution in [3.05, 3.63) is 47.5 Å². The molecule has 0 aliphatic heterocycles. The van der Waals surface area contributed by atoms with Crippen LogP contribution in [0.2, 0.25) is 0 Å². The third-order valence-corrected chi connectivity index (χ3v) is 4.80. The summed E-state index contributed by atoms with van der Waals surface area (Å²) >= 11 is 0. The zero-order chi connectivity index (χ0) is 16.0. The molecule has 3 nitrogen and oxygen atoms in total. The summed E-state index contributed by atoms with van der Waals surface area (Å²) in [6, 6.07) is 13.6. The van der Waals surface area contributed by atoms with Gasteiger partial charge in [0.2, 0.25) is 5.91 Å². The molecule has 1 fully saturated rings. The lowest BCUT2D eigenvalue weighted by atomic mass is 10.0. The van der Waals surface area contributed by atoms with Gasteiger partial charge < -0.3 is 10.3 Å². The summed E-state index contributed by atoms with van der Waals surface area (Å²) in [7, 11) is 0. The number of nitrogens with zero attached hydrogens (tertiary/aromatic N) is 1. The number of aryl methyl sites for hydroxylation is 1. The van der Waals surface area contributed by atoms with Gasteiger partial charge in [-0.1, -0.05) is 25.5 Å². The molecule has 0 unspecified atom stereocenters. The van der Waals surface area contributed by atoms with E-state index in [1.54, 1.807) is 0 Å². The standard InChI is InChI=1S/C20H21N2O/c1-2-4-13-9-10-15-18(11-13)22(12-14-7-8-14)17-6-3-5-16(19(15)17)20(21)23/h3,5-6,9,11,14H,2,4,7-8,12H2,1H3,(H2,21,23). The molecule has 117 valence electrons. The molecular formula is C20H21N2O. The number of amides is 1. The highest BCUT2D eigenvalue weighted by molar-refractivity contribution is 6.17. The fraction of sp³-hybridized carbons (Fsp3) is 0.350. The van der Waals surface area contributed by atoms with Gasteiger partial charge in [-0.2, -0.15) is 0 Å². The van der Waals surface area contributed by atoms with Crippen LogP contribution in [0.3, 0.4) is 0 Å². The monoisotopic (exact) mass is 305 g/mol. The number of benzene rings is 2. The normalized spacial score (nSPS) is 14.7. The van der Waals surface area contributed by atoms with Crippen molar-refractivity contribution in [3.63, 3.8) is 0 Å². The molecule has 3 aromatic rings. The predicted molar refractivity (Wildman–Crippen MR) is 93.5 cm³/mol. The van der Waals surface area contributed by atoms with Crippen molar-refractivity contribution in [1.82, 2.24) is 4.57 Å². The molecule has 0 bridgehead atoms. The van der Waals surface area contributed by atoms with Crippen LogP contribution in [-0.4, -0.2) is 10.5 Å². The Hall–Kier alpha value is -2.29. The Morgan fingerprint density at radius 3 is 2.87 bits per heavy atom. The van der Waals surface area contributed by atoms with Crippen LogP contribution >= 0.6 is 0 Å². The lowest BCUT2D eigenvalue weighted by Gasteiger charge is -2.07. The van der Waals surface area contributed by atoms with Gasteiger partial charge in [0, 0.05) is 28.4 Å². The second-order valence-corrected chi connectivity index (χ2v) is 6.64. The molecule has 1 heterocycles. The smallest absolute Gasteiger partial charge is 0.249 e. The molecule has 0 atom stereocenters. The zero-order valence-electron chi connectivity index (χ0n) is 13.4. The molecule has 0 spiro atoms. The van der Waals surface area contributed by atoms with Crippen LogP contribution in [0.5, 0.6) is 0 Å². The van der Waals surface area contributed by atoms with E-state index in [1.165, 1.54) is 23.9 Å². The molecule has 1 saturated carbocycles. The molecule has 1 aliphatic carbocycles. The third-order valence-electron chi connectivity index (χ3n) is 4.80. The number of hydrogen-bond donors (Lipinski definition) is 1. The Morgan fingerprint density at radius 1 is 1.35 bits per heavy atom. The SMILES string of the molecule is CCCc1c[c]c2c3c(C(N)=O)cccc3n(CC3CC3)c2c1. The fourth-order valence-electron chi connectivity index (χ4n) is 3.49. The van der Waals surface area contributed by atoms with Crippen molar-refractivity contribution in [3.8, 4) is 0 Å². The molecule has 2 N–H and O–H groups in total. The largest absolute Gasteiger partial charge is 0.366 e. The number of carbonyl (C=O) groups excluding carboxylic acids is 1. The minimum absolute atomic E-state index is 0.368. The molecule has 0 saturated heterocycles. The van der Waals surface area contributed by atoms with E-state index in [-0.39, 0.29) is 5.91 Å². The highest BCUT2D eigenvalue weighted by atomic mass is 16.1. The first kappa shape index (κ1) is 14.3. The Balaban J connectivity index is 2.04. The summed E-state index contributed by atoms with van der Waals surface area (Å²) in [5, 5.41) is 1.98. The Morgan fingerprint density at radius 2 is 2.17 bits per heavy atom. The van der Waals surface area contributed by atoms with Gasteiger partial charge in [0.15, 0.2) is 0 Å². The van der Waals surface area contributed by atoms with Crippen LogP contribution in [0.4, 0.5) is 0 Å². The number of nitrogens with two attached hydrogens (primary N) is 1. The van der Waals surface area contributed by atoms with Gasteiger partial charge in [-0.3, -0.25) is 4.79 Å². The molecule has 1 amide bonds. The first-order chi connectivity index (χ1) is 11.2. The summed E-state index contributed by atoms with van der Waals surface area (Å²) in [5.41, 5.74) is 9.81. The molecule has 1 aliphatic rings. The van der Waals surface area contributed by atoms with Crippen molar-refractivity contribution >= 4 is 27.7 Å². The van der Waals surface area contributed by atoms with E-state index in [9.17, 15) is 4.79 Å². The minimum Gasteiger partial charge on any atom is -0.366 e. The van der Waals surface area contributed by atoms with Crippen LogP contribution < -0.4 is 5.73 Å². The predicted octanol–water partition coefficient (Wildman–Crippen LogP) is 4.06. The molecule has 23 heavy (non-hydrogen) atoms. The van der Waals surface area contributed by atoms with Gasteiger partial charge in [-0.25, -0.2) is 0 Å². The Bertz CT molecular complexity index is 903. The van der Waals surface area contributed by atoms with E-state index in [4.69, 9.17) is 5.73 Å². The molecule has 2 aromatic carbocycles. The highest BCUT2D eigenvalue weighted by Gasteiger charge is 2.25. The molecule has 1 radical (unpaired) electrons. The van der Waals surface area contributed by atoms with Gasteiger partial charge in [-0.05, 0) is 55.0 Å². The lowest BCUT2D eigenvalue weighted by Crippen LogP contribution is -2.11. The van der Waals surface area contributed by atoms with Crippen LogP contribution in [0.25, 0.3) is 21.8 Å². The van der Waals surface area contributed by atoms with Crippen molar-refractivity contribution in [2.45, 2.75) is 39.2 Å². The highest BCUT2D eigenvalue weighted by Crippen LogP contribution is 2.37. The van der Waals surface area contributed by atoms with Crippen LogP contribution in [0.15, 0.2) is 30.3 Å². The van der Waals surface area contributed by atoms with Crippen molar-refractivity contribution in [1.29, 1.82) is 0 Å². The number of primary amides is 1. The van der Waals surface area contributed by atoms with E-state index < -0.39 is 0 Å². The van der Waals surface area contributed by atoms with Gasteiger partial charge >= 0.3 is 0 Å². The summed E-state index contributed by atoms with van der Waals surface area (Å²) < 4.78 is 2.37.